The van der Waals surface area contributed by atoms with E-state index < -0.39 is 5.97 Å². The standard InChI is InChI=1S/C16H18O3S/c1-2-5-10-9-19-12(8-14(17)18)16-15(10)11-6-3-4-7-13(11)20-16/h3-4,6-7,10,12H,2,5,8-9H2,1H3,(H,17,18). The molecule has 3 nitrogen and oxygen atoms in total. The summed E-state index contributed by atoms with van der Waals surface area (Å²) in [6.07, 6.45) is 1.97. The van der Waals surface area contributed by atoms with Gasteiger partial charge >= 0.3 is 5.97 Å². The highest BCUT2D eigenvalue weighted by atomic mass is 32.1. The predicted octanol–water partition coefficient (Wildman–Crippen LogP) is 4.33. The molecule has 0 fully saturated rings. The molecule has 1 N–H and O–H groups in total. The Labute approximate surface area is 122 Å². The molecule has 0 amide bonds. The molecule has 2 unspecified atom stereocenters. The average molecular weight is 290 g/mol. The number of fused-ring (bicyclic) bond motifs is 3. The summed E-state index contributed by atoms with van der Waals surface area (Å²) in [6.45, 7) is 2.82. The molecule has 0 radical (unpaired) electrons. The number of rotatable bonds is 4. The first-order chi connectivity index (χ1) is 9.70. The lowest BCUT2D eigenvalue weighted by Gasteiger charge is -2.29. The molecule has 1 aromatic heterocycles. The minimum Gasteiger partial charge on any atom is -0.481 e. The fourth-order valence-corrected chi connectivity index (χ4v) is 4.36. The average Bonchev–Trinajstić information content (AvgIpc) is 2.81. The number of thiophene rings is 1. The van der Waals surface area contributed by atoms with Gasteiger partial charge in [0.2, 0.25) is 0 Å². The Morgan fingerprint density at radius 2 is 2.25 bits per heavy atom. The monoisotopic (exact) mass is 290 g/mol. The largest absolute Gasteiger partial charge is 0.481 e. The van der Waals surface area contributed by atoms with E-state index in [1.807, 2.05) is 6.07 Å². The van der Waals surface area contributed by atoms with Crippen molar-refractivity contribution in [1.29, 1.82) is 0 Å². The van der Waals surface area contributed by atoms with Crippen LogP contribution in [0, 0.1) is 0 Å². The van der Waals surface area contributed by atoms with Crippen molar-refractivity contribution < 1.29 is 14.6 Å². The van der Waals surface area contributed by atoms with Crippen LogP contribution in [0.25, 0.3) is 10.1 Å². The quantitative estimate of drug-likeness (QED) is 0.911. The molecule has 4 heteroatoms. The van der Waals surface area contributed by atoms with Crippen molar-refractivity contribution >= 4 is 27.4 Å². The van der Waals surface area contributed by atoms with Crippen LogP contribution in [0.4, 0.5) is 0 Å². The van der Waals surface area contributed by atoms with Crippen molar-refractivity contribution in [3.63, 3.8) is 0 Å². The van der Waals surface area contributed by atoms with Gasteiger partial charge in [0.25, 0.3) is 0 Å². The number of ether oxygens (including phenoxy) is 1. The highest BCUT2D eigenvalue weighted by Gasteiger charge is 2.32. The van der Waals surface area contributed by atoms with Crippen molar-refractivity contribution in [2.24, 2.45) is 0 Å². The van der Waals surface area contributed by atoms with Crippen molar-refractivity contribution in [1.82, 2.24) is 0 Å². The van der Waals surface area contributed by atoms with Crippen LogP contribution < -0.4 is 0 Å². The molecule has 2 aromatic rings. The molecular formula is C16H18O3S. The fourth-order valence-electron chi connectivity index (χ4n) is 3.02. The number of benzene rings is 1. The summed E-state index contributed by atoms with van der Waals surface area (Å²) in [4.78, 5) is 12.1. The van der Waals surface area contributed by atoms with Gasteiger partial charge < -0.3 is 9.84 Å². The van der Waals surface area contributed by atoms with Gasteiger partial charge in [-0.25, -0.2) is 0 Å². The van der Waals surface area contributed by atoms with Gasteiger partial charge in [-0.15, -0.1) is 11.3 Å². The number of hydrogen-bond donors (Lipinski definition) is 1. The van der Waals surface area contributed by atoms with Crippen molar-refractivity contribution in [2.45, 2.75) is 38.2 Å². The maximum atomic E-state index is 11.0. The lowest BCUT2D eigenvalue weighted by molar-refractivity contribution is -0.140. The normalized spacial score (nSPS) is 21.9. The van der Waals surface area contributed by atoms with Crippen LogP contribution in [0.15, 0.2) is 24.3 Å². The highest BCUT2D eigenvalue weighted by molar-refractivity contribution is 7.19. The van der Waals surface area contributed by atoms with Crippen LogP contribution in [0.2, 0.25) is 0 Å². The molecule has 2 atom stereocenters. The Kier molecular flexibility index (Phi) is 3.76. The zero-order valence-electron chi connectivity index (χ0n) is 11.5. The summed E-state index contributed by atoms with van der Waals surface area (Å²) < 4.78 is 7.08. The summed E-state index contributed by atoms with van der Waals surface area (Å²) in [7, 11) is 0. The lowest BCUT2D eigenvalue weighted by atomic mass is 9.89. The topological polar surface area (TPSA) is 46.5 Å². The molecule has 0 bridgehead atoms. The number of aliphatic carboxylic acids is 1. The SMILES string of the molecule is CCCC1COC(CC(=O)O)c2sc3ccccc3c21. The predicted molar refractivity (Wildman–Crippen MR) is 80.4 cm³/mol. The van der Waals surface area contributed by atoms with Gasteiger partial charge in [-0.3, -0.25) is 4.79 Å². The first kappa shape index (κ1) is 13.6. The van der Waals surface area contributed by atoms with Gasteiger partial charge in [-0.2, -0.15) is 0 Å². The zero-order valence-corrected chi connectivity index (χ0v) is 12.3. The third-order valence-electron chi connectivity index (χ3n) is 3.86. The first-order valence-corrected chi connectivity index (χ1v) is 7.87. The van der Waals surface area contributed by atoms with Crippen molar-refractivity contribution in [2.75, 3.05) is 6.61 Å². The zero-order chi connectivity index (χ0) is 14.1. The van der Waals surface area contributed by atoms with Gasteiger partial charge in [0, 0.05) is 15.5 Å². The van der Waals surface area contributed by atoms with Crippen LogP contribution in [0.1, 0.15) is 48.6 Å². The molecule has 1 aromatic carbocycles. The van der Waals surface area contributed by atoms with Crippen LogP contribution in [0.3, 0.4) is 0 Å². The minimum absolute atomic E-state index is 0.0542. The summed E-state index contributed by atoms with van der Waals surface area (Å²) in [5, 5.41) is 10.3. The Morgan fingerprint density at radius 3 is 3.00 bits per heavy atom. The second-order valence-electron chi connectivity index (χ2n) is 5.28. The van der Waals surface area contributed by atoms with Crippen LogP contribution in [-0.4, -0.2) is 17.7 Å². The maximum absolute atomic E-state index is 11.0. The summed E-state index contributed by atoms with van der Waals surface area (Å²) in [6, 6.07) is 8.35. The van der Waals surface area contributed by atoms with Crippen LogP contribution in [0.5, 0.6) is 0 Å². The second-order valence-corrected chi connectivity index (χ2v) is 6.37. The molecule has 20 heavy (non-hydrogen) atoms. The van der Waals surface area contributed by atoms with E-state index in [4.69, 9.17) is 9.84 Å². The lowest BCUT2D eigenvalue weighted by Crippen LogP contribution is -2.21. The Hall–Kier alpha value is -1.39. The molecule has 0 spiro atoms. The van der Waals surface area contributed by atoms with E-state index in [0.29, 0.717) is 12.5 Å². The van der Waals surface area contributed by atoms with Gasteiger partial charge in [-0.05, 0) is 23.4 Å². The van der Waals surface area contributed by atoms with Gasteiger partial charge in [0.15, 0.2) is 0 Å². The molecular weight excluding hydrogens is 272 g/mol. The number of hydrogen-bond acceptors (Lipinski definition) is 3. The van der Waals surface area contributed by atoms with E-state index in [0.717, 1.165) is 17.7 Å². The van der Waals surface area contributed by atoms with E-state index >= 15 is 0 Å². The number of carboxylic acid groups (broad SMARTS) is 1. The Bertz CT molecular complexity index is 632. The van der Waals surface area contributed by atoms with Gasteiger partial charge in [-0.1, -0.05) is 31.5 Å². The molecule has 1 aliphatic rings. The van der Waals surface area contributed by atoms with E-state index in [1.165, 1.54) is 15.6 Å². The van der Waals surface area contributed by atoms with Crippen molar-refractivity contribution in [3.8, 4) is 0 Å². The Morgan fingerprint density at radius 1 is 1.45 bits per heavy atom. The fraction of sp³-hybridized carbons (Fsp3) is 0.438. The van der Waals surface area contributed by atoms with E-state index in [-0.39, 0.29) is 12.5 Å². The number of carboxylic acids is 1. The molecule has 3 rings (SSSR count). The van der Waals surface area contributed by atoms with Crippen LogP contribution >= 0.6 is 11.3 Å². The Balaban J connectivity index is 2.10. The number of carbonyl (C=O) groups is 1. The maximum Gasteiger partial charge on any atom is 0.306 e. The molecule has 0 saturated heterocycles. The van der Waals surface area contributed by atoms with Gasteiger partial charge in [0.1, 0.15) is 6.10 Å². The first-order valence-electron chi connectivity index (χ1n) is 7.05. The van der Waals surface area contributed by atoms with Crippen molar-refractivity contribution in [3.05, 3.63) is 34.7 Å². The summed E-state index contributed by atoms with van der Waals surface area (Å²) in [5.74, 6) is -0.399. The van der Waals surface area contributed by atoms with Gasteiger partial charge in [0.05, 0.1) is 13.0 Å². The van der Waals surface area contributed by atoms with Crippen LogP contribution in [-0.2, 0) is 9.53 Å². The molecule has 0 aliphatic carbocycles. The smallest absolute Gasteiger partial charge is 0.306 e. The second kappa shape index (κ2) is 5.54. The van der Waals surface area contributed by atoms with E-state index in [9.17, 15) is 4.79 Å². The minimum atomic E-state index is -0.799. The molecule has 0 saturated carbocycles. The molecule has 1 aliphatic heterocycles. The summed E-state index contributed by atoms with van der Waals surface area (Å²) in [5.41, 5.74) is 1.34. The molecule has 106 valence electrons. The third-order valence-corrected chi connectivity index (χ3v) is 5.14. The summed E-state index contributed by atoms with van der Waals surface area (Å²) >= 11 is 1.69. The third kappa shape index (κ3) is 2.34. The molecule has 2 heterocycles. The van der Waals surface area contributed by atoms with E-state index in [1.54, 1.807) is 11.3 Å². The highest BCUT2D eigenvalue weighted by Crippen LogP contribution is 2.46. The van der Waals surface area contributed by atoms with E-state index in [2.05, 4.69) is 25.1 Å².